The lowest BCUT2D eigenvalue weighted by Gasteiger charge is -2.22. The van der Waals surface area contributed by atoms with E-state index in [-0.39, 0.29) is 18.5 Å². The van der Waals surface area contributed by atoms with Crippen LogP contribution >= 0.6 is 0 Å². The van der Waals surface area contributed by atoms with E-state index in [1.165, 1.54) is 5.56 Å². The Balaban J connectivity index is 1.46. The molecule has 2 aliphatic rings. The molecule has 3 amide bonds. The number of hydrogen-bond donors (Lipinski definition) is 0. The fourth-order valence-electron chi connectivity index (χ4n) is 3.81. The van der Waals surface area contributed by atoms with Crippen LogP contribution in [0.4, 0.5) is 16.2 Å². The van der Waals surface area contributed by atoms with Gasteiger partial charge in [0.05, 0.1) is 14.2 Å². The van der Waals surface area contributed by atoms with Gasteiger partial charge in [0.2, 0.25) is 5.91 Å². The van der Waals surface area contributed by atoms with E-state index in [2.05, 4.69) is 0 Å². The van der Waals surface area contributed by atoms with Gasteiger partial charge in [0.1, 0.15) is 6.54 Å². The molecule has 0 atom stereocenters. The lowest BCUT2D eigenvalue weighted by atomic mass is 10.2. The first kappa shape index (κ1) is 18.2. The molecule has 28 heavy (non-hydrogen) atoms. The number of para-hydroxylation sites is 1. The molecular formula is C21H23N3O4. The van der Waals surface area contributed by atoms with E-state index in [9.17, 15) is 9.59 Å². The number of rotatable bonds is 5. The molecule has 0 N–H and O–H groups in total. The molecule has 7 nitrogen and oxygen atoms in total. The fraction of sp³-hybridized carbons (Fsp3) is 0.333. The molecular weight excluding hydrogens is 358 g/mol. The van der Waals surface area contributed by atoms with Crippen LogP contribution in [-0.2, 0) is 11.2 Å². The van der Waals surface area contributed by atoms with E-state index in [0.717, 1.165) is 17.8 Å². The summed E-state index contributed by atoms with van der Waals surface area (Å²) in [6.45, 7) is 1.78. The van der Waals surface area contributed by atoms with Crippen LogP contribution in [0.25, 0.3) is 0 Å². The molecule has 1 fully saturated rings. The number of carbonyl (C=O) groups excluding carboxylic acids is 2. The first-order valence-electron chi connectivity index (χ1n) is 9.29. The first-order chi connectivity index (χ1) is 13.6. The van der Waals surface area contributed by atoms with Crippen molar-refractivity contribution in [2.75, 3.05) is 50.2 Å². The van der Waals surface area contributed by atoms with Crippen molar-refractivity contribution in [1.29, 1.82) is 0 Å². The van der Waals surface area contributed by atoms with E-state index in [4.69, 9.17) is 9.47 Å². The Morgan fingerprint density at radius 3 is 2.57 bits per heavy atom. The number of urea groups is 1. The molecule has 0 aliphatic carbocycles. The quantitative estimate of drug-likeness (QED) is 0.799. The number of methoxy groups -OCH3 is 2. The van der Waals surface area contributed by atoms with Crippen molar-refractivity contribution in [2.45, 2.75) is 6.42 Å². The zero-order chi connectivity index (χ0) is 19.7. The monoisotopic (exact) mass is 381 g/mol. The standard InChI is InChI=1S/C21H23N3O4/c1-27-18-8-7-16(13-19(18)28-2)23-12-11-22(21(23)26)14-20(25)24-10-9-15-5-3-4-6-17(15)24/h3-8,13H,9-12,14H2,1-2H3. The lowest BCUT2D eigenvalue weighted by Crippen LogP contribution is -2.41. The SMILES string of the molecule is COc1ccc(N2CCN(CC(=O)N3CCc4ccccc43)C2=O)cc1OC. The van der Waals surface area contributed by atoms with Gasteiger partial charge in [0.25, 0.3) is 0 Å². The number of benzene rings is 2. The normalized spacial score (nSPS) is 15.8. The summed E-state index contributed by atoms with van der Waals surface area (Å²) in [7, 11) is 3.13. The van der Waals surface area contributed by atoms with Crippen LogP contribution in [0.1, 0.15) is 5.56 Å². The van der Waals surface area contributed by atoms with Crippen molar-refractivity contribution >= 4 is 23.3 Å². The summed E-state index contributed by atoms with van der Waals surface area (Å²) < 4.78 is 10.6. The average molecular weight is 381 g/mol. The second-order valence-corrected chi connectivity index (χ2v) is 6.82. The van der Waals surface area contributed by atoms with Gasteiger partial charge in [-0.2, -0.15) is 0 Å². The predicted octanol–water partition coefficient (Wildman–Crippen LogP) is 2.54. The maximum Gasteiger partial charge on any atom is 0.325 e. The van der Waals surface area contributed by atoms with Crippen LogP contribution < -0.4 is 19.3 Å². The first-order valence-corrected chi connectivity index (χ1v) is 9.29. The molecule has 146 valence electrons. The second kappa shape index (κ2) is 7.42. The summed E-state index contributed by atoms with van der Waals surface area (Å²) in [4.78, 5) is 30.7. The van der Waals surface area contributed by atoms with E-state index < -0.39 is 0 Å². The van der Waals surface area contributed by atoms with Crippen LogP contribution in [0.3, 0.4) is 0 Å². The molecule has 2 aromatic carbocycles. The van der Waals surface area contributed by atoms with Gasteiger partial charge in [0, 0.05) is 37.1 Å². The van der Waals surface area contributed by atoms with Crippen LogP contribution in [0.5, 0.6) is 11.5 Å². The molecule has 7 heteroatoms. The zero-order valence-electron chi connectivity index (χ0n) is 16.1. The van der Waals surface area contributed by atoms with Crippen LogP contribution in [0.2, 0.25) is 0 Å². The maximum atomic E-state index is 12.9. The van der Waals surface area contributed by atoms with Gasteiger partial charge in [-0.25, -0.2) is 4.79 Å². The largest absolute Gasteiger partial charge is 0.493 e. The number of anilines is 2. The zero-order valence-corrected chi connectivity index (χ0v) is 16.1. The Morgan fingerprint density at radius 1 is 1.00 bits per heavy atom. The molecule has 0 aromatic heterocycles. The molecule has 2 heterocycles. The van der Waals surface area contributed by atoms with Gasteiger partial charge in [-0.05, 0) is 30.2 Å². The van der Waals surface area contributed by atoms with Gasteiger partial charge in [-0.3, -0.25) is 9.69 Å². The Kier molecular flexibility index (Phi) is 4.81. The van der Waals surface area contributed by atoms with Gasteiger partial charge < -0.3 is 19.3 Å². The highest BCUT2D eigenvalue weighted by Crippen LogP contribution is 2.33. The number of fused-ring (bicyclic) bond motifs is 1. The van der Waals surface area contributed by atoms with E-state index in [0.29, 0.717) is 31.1 Å². The van der Waals surface area contributed by atoms with Crippen molar-refractivity contribution in [1.82, 2.24) is 4.90 Å². The van der Waals surface area contributed by atoms with Crippen molar-refractivity contribution in [3.05, 3.63) is 48.0 Å². The fourth-order valence-corrected chi connectivity index (χ4v) is 3.81. The molecule has 0 radical (unpaired) electrons. The number of hydrogen-bond acceptors (Lipinski definition) is 4. The minimum absolute atomic E-state index is 0.0486. The topological polar surface area (TPSA) is 62.3 Å². The molecule has 0 unspecified atom stereocenters. The summed E-state index contributed by atoms with van der Waals surface area (Å²) >= 11 is 0. The highest BCUT2D eigenvalue weighted by molar-refractivity contribution is 6.01. The Bertz CT molecular complexity index is 914. The Labute approximate surface area is 164 Å². The van der Waals surface area contributed by atoms with Crippen molar-refractivity contribution in [2.24, 2.45) is 0 Å². The summed E-state index contributed by atoms with van der Waals surface area (Å²) in [6, 6.07) is 13.1. The minimum atomic E-state index is -0.173. The predicted molar refractivity (Wildman–Crippen MR) is 106 cm³/mol. The van der Waals surface area contributed by atoms with Crippen molar-refractivity contribution in [3.63, 3.8) is 0 Å². The molecule has 1 saturated heterocycles. The van der Waals surface area contributed by atoms with E-state index in [1.54, 1.807) is 41.1 Å². The second-order valence-electron chi connectivity index (χ2n) is 6.82. The van der Waals surface area contributed by atoms with Crippen LogP contribution in [0, 0.1) is 0 Å². The average Bonchev–Trinajstić information content (AvgIpc) is 3.31. The van der Waals surface area contributed by atoms with Gasteiger partial charge >= 0.3 is 6.03 Å². The summed E-state index contributed by atoms with van der Waals surface area (Å²) in [6.07, 6.45) is 0.855. The molecule has 0 saturated carbocycles. The third kappa shape index (κ3) is 3.13. The third-order valence-electron chi connectivity index (χ3n) is 5.29. The molecule has 0 bridgehead atoms. The minimum Gasteiger partial charge on any atom is -0.493 e. The van der Waals surface area contributed by atoms with Crippen LogP contribution in [0.15, 0.2) is 42.5 Å². The van der Waals surface area contributed by atoms with E-state index >= 15 is 0 Å². The Hall–Kier alpha value is -3.22. The van der Waals surface area contributed by atoms with Gasteiger partial charge in [-0.1, -0.05) is 18.2 Å². The van der Waals surface area contributed by atoms with Crippen LogP contribution in [-0.4, -0.2) is 57.2 Å². The highest BCUT2D eigenvalue weighted by Gasteiger charge is 2.33. The molecule has 2 aliphatic heterocycles. The third-order valence-corrected chi connectivity index (χ3v) is 5.29. The van der Waals surface area contributed by atoms with Gasteiger partial charge in [0.15, 0.2) is 11.5 Å². The molecule has 0 spiro atoms. The summed E-state index contributed by atoms with van der Waals surface area (Å²) in [5.74, 6) is 1.13. The number of ether oxygens (including phenoxy) is 2. The Morgan fingerprint density at radius 2 is 1.79 bits per heavy atom. The van der Waals surface area contributed by atoms with Crippen molar-refractivity contribution < 1.29 is 19.1 Å². The highest BCUT2D eigenvalue weighted by atomic mass is 16.5. The number of nitrogens with zero attached hydrogens (tertiary/aromatic N) is 3. The van der Waals surface area contributed by atoms with E-state index in [1.807, 2.05) is 30.3 Å². The summed E-state index contributed by atoms with van der Waals surface area (Å²) in [5, 5.41) is 0. The smallest absolute Gasteiger partial charge is 0.325 e. The maximum absolute atomic E-state index is 12.9. The lowest BCUT2D eigenvalue weighted by molar-refractivity contribution is -0.118. The van der Waals surface area contributed by atoms with Crippen molar-refractivity contribution in [3.8, 4) is 11.5 Å². The number of carbonyl (C=O) groups is 2. The summed E-state index contributed by atoms with van der Waals surface area (Å²) in [5.41, 5.74) is 2.86. The molecule has 2 aromatic rings. The number of amides is 3. The van der Waals surface area contributed by atoms with Gasteiger partial charge in [-0.15, -0.1) is 0 Å². The molecule has 4 rings (SSSR count).